The van der Waals surface area contributed by atoms with Crippen LogP contribution in [-0.2, 0) is 4.74 Å². The van der Waals surface area contributed by atoms with Crippen LogP contribution in [0.15, 0.2) is 30.6 Å². The standard InChI is InChI=1S/C23H29N5O2/c1-15-10-16(2)21(20(11-15)30-14-29-4)22-18-7-8-24-12-19(18)23(27-26-22)25-17-6-5-9-28(3)13-17/h7-8,10-12,17H,5-6,9,13-14H2,1-4H3,(H,25,27)/t17-/m1/s1. The molecule has 1 aromatic carbocycles. The van der Waals surface area contributed by atoms with Gasteiger partial charge in [0.25, 0.3) is 0 Å². The van der Waals surface area contributed by atoms with Crippen LogP contribution in [0.5, 0.6) is 5.75 Å². The second-order valence-corrected chi connectivity index (χ2v) is 8.07. The highest BCUT2D eigenvalue weighted by Gasteiger charge is 2.21. The maximum absolute atomic E-state index is 5.89. The molecule has 1 fully saturated rings. The van der Waals surface area contributed by atoms with E-state index in [9.17, 15) is 0 Å². The summed E-state index contributed by atoms with van der Waals surface area (Å²) in [5, 5.41) is 14.8. The Labute approximate surface area is 177 Å². The van der Waals surface area contributed by atoms with Gasteiger partial charge in [-0.05, 0) is 63.5 Å². The zero-order chi connectivity index (χ0) is 21.1. The Hall–Kier alpha value is -2.77. The van der Waals surface area contributed by atoms with Crippen LogP contribution >= 0.6 is 0 Å². The summed E-state index contributed by atoms with van der Waals surface area (Å²) in [6.07, 6.45) is 5.96. The number of nitrogens with zero attached hydrogens (tertiary/aromatic N) is 4. The highest BCUT2D eigenvalue weighted by molar-refractivity contribution is 6.01. The summed E-state index contributed by atoms with van der Waals surface area (Å²) in [6.45, 7) is 6.44. The summed E-state index contributed by atoms with van der Waals surface area (Å²) < 4.78 is 11.0. The fourth-order valence-corrected chi connectivity index (χ4v) is 4.23. The minimum absolute atomic E-state index is 0.178. The van der Waals surface area contributed by atoms with Gasteiger partial charge in [0.05, 0.1) is 0 Å². The number of rotatable bonds is 6. The first-order valence-corrected chi connectivity index (χ1v) is 10.4. The van der Waals surface area contributed by atoms with E-state index in [-0.39, 0.29) is 6.79 Å². The van der Waals surface area contributed by atoms with Crippen molar-refractivity contribution in [2.24, 2.45) is 0 Å². The molecule has 1 atom stereocenters. The van der Waals surface area contributed by atoms with Crippen molar-refractivity contribution in [3.8, 4) is 17.0 Å². The lowest BCUT2D eigenvalue weighted by Gasteiger charge is -2.30. The van der Waals surface area contributed by atoms with E-state index in [1.807, 2.05) is 18.3 Å². The van der Waals surface area contributed by atoms with Crippen molar-refractivity contribution in [3.63, 3.8) is 0 Å². The summed E-state index contributed by atoms with van der Waals surface area (Å²) in [6, 6.07) is 6.50. The third-order valence-electron chi connectivity index (χ3n) is 5.56. The lowest BCUT2D eigenvalue weighted by Crippen LogP contribution is -2.40. The number of likely N-dealkylation sites (tertiary alicyclic amines) is 1. The second kappa shape index (κ2) is 8.93. The van der Waals surface area contributed by atoms with Gasteiger partial charge in [0.15, 0.2) is 12.6 Å². The van der Waals surface area contributed by atoms with Gasteiger partial charge in [0, 0.05) is 48.4 Å². The normalized spacial score (nSPS) is 17.3. The maximum atomic E-state index is 5.89. The minimum atomic E-state index is 0.178. The quantitative estimate of drug-likeness (QED) is 0.623. The van der Waals surface area contributed by atoms with Gasteiger partial charge in [0.2, 0.25) is 0 Å². The van der Waals surface area contributed by atoms with Gasteiger partial charge in [-0.1, -0.05) is 6.07 Å². The number of piperidine rings is 1. The van der Waals surface area contributed by atoms with Gasteiger partial charge >= 0.3 is 0 Å². The molecule has 1 aliphatic heterocycles. The fraction of sp³-hybridized carbons (Fsp3) is 0.435. The molecule has 0 bridgehead atoms. The number of fused-ring (bicyclic) bond motifs is 1. The number of aryl methyl sites for hydroxylation is 2. The predicted octanol–water partition coefficient (Wildman–Crippen LogP) is 3.80. The first-order valence-electron chi connectivity index (χ1n) is 10.4. The molecule has 3 heterocycles. The summed E-state index contributed by atoms with van der Waals surface area (Å²) in [5.74, 6) is 1.53. The van der Waals surface area contributed by atoms with Gasteiger partial charge in [0.1, 0.15) is 11.4 Å². The number of nitrogens with one attached hydrogen (secondary N) is 1. The molecule has 158 valence electrons. The van der Waals surface area contributed by atoms with Crippen LogP contribution in [0.2, 0.25) is 0 Å². The van der Waals surface area contributed by atoms with Gasteiger partial charge in [-0.25, -0.2) is 0 Å². The van der Waals surface area contributed by atoms with Crippen LogP contribution in [0, 0.1) is 13.8 Å². The maximum Gasteiger partial charge on any atom is 0.188 e. The molecule has 0 aliphatic carbocycles. The molecule has 2 aromatic heterocycles. The molecule has 7 heteroatoms. The summed E-state index contributed by atoms with van der Waals surface area (Å²) in [4.78, 5) is 6.70. The number of ether oxygens (including phenoxy) is 2. The highest BCUT2D eigenvalue weighted by atomic mass is 16.7. The van der Waals surface area contributed by atoms with E-state index in [4.69, 9.17) is 9.47 Å². The monoisotopic (exact) mass is 407 g/mol. The number of hydrogen-bond acceptors (Lipinski definition) is 7. The molecular weight excluding hydrogens is 378 g/mol. The molecule has 3 aromatic rings. The van der Waals surface area contributed by atoms with Crippen molar-refractivity contribution < 1.29 is 9.47 Å². The lowest BCUT2D eigenvalue weighted by molar-refractivity contribution is 0.0514. The van der Waals surface area contributed by atoms with Crippen molar-refractivity contribution in [3.05, 3.63) is 41.7 Å². The van der Waals surface area contributed by atoms with E-state index >= 15 is 0 Å². The Morgan fingerprint density at radius 3 is 2.87 bits per heavy atom. The fourth-order valence-electron chi connectivity index (χ4n) is 4.23. The Morgan fingerprint density at radius 1 is 1.20 bits per heavy atom. The van der Waals surface area contributed by atoms with Crippen molar-refractivity contribution in [2.45, 2.75) is 32.7 Å². The molecule has 0 radical (unpaired) electrons. The largest absolute Gasteiger partial charge is 0.467 e. The van der Waals surface area contributed by atoms with Crippen LogP contribution < -0.4 is 10.1 Å². The van der Waals surface area contributed by atoms with Crippen LogP contribution in [-0.4, -0.2) is 60.2 Å². The molecule has 1 aliphatic rings. The molecule has 0 saturated carbocycles. The average Bonchev–Trinajstić information content (AvgIpc) is 2.73. The molecule has 1 N–H and O–H groups in total. The summed E-state index contributed by atoms with van der Waals surface area (Å²) in [7, 11) is 3.77. The number of pyridine rings is 1. The zero-order valence-corrected chi connectivity index (χ0v) is 18.1. The number of benzene rings is 1. The molecule has 4 rings (SSSR count). The smallest absolute Gasteiger partial charge is 0.188 e. The predicted molar refractivity (Wildman–Crippen MR) is 119 cm³/mol. The Balaban J connectivity index is 1.79. The van der Waals surface area contributed by atoms with E-state index < -0.39 is 0 Å². The van der Waals surface area contributed by atoms with Crippen LogP contribution in [0.3, 0.4) is 0 Å². The van der Waals surface area contributed by atoms with E-state index in [0.717, 1.165) is 64.2 Å². The van der Waals surface area contributed by atoms with Crippen LogP contribution in [0.1, 0.15) is 24.0 Å². The van der Waals surface area contributed by atoms with Crippen molar-refractivity contribution >= 4 is 16.6 Å². The first kappa shape index (κ1) is 20.5. The number of methoxy groups -OCH3 is 1. The minimum Gasteiger partial charge on any atom is -0.467 e. The number of hydrogen-bond donors (Lipinski definition) is 1. The molecule has 7 nitrogen and oxygen atoms in total. The first-order chi connectivity index (χ1) is 14.6. The topological polar surface area (TPSA) is 72.4 Å². The average molecular weight is 408 g/mol. The second-order valence-electron chi connectivity index (χ2n) is 8.07. The number of aromatic nitrogens is 3. The molecule has 0 spiro atoms. The molecule has 30 heavy (non-hydrogen) atoms. The van der Waals surface area contributed by atoms with Crippen molar-refractivity contribution in [1.29, 1.82) is 0 Å². The Kier molecular flexibility index (Phi) is 6.11. The van der Waals surface area contributed by atoms with Crippen molar-refractivity contribution in [1.82, 2.24) is 20.1 Å². The lowest BCUT2D eigenvalue weighted by atomic mass is 9.98. The molecule has 0 unspecified atom stereocenters. The molecular formula is C23H29N5O2. The van der Waals surface area contributed by atoms with E-state index in [2.05, 4.69) is 52.4 Å². The number of anilines is 1. The molecule has 1 saturated heterocycles. The van der Waals surface area contributed by atoms with E-state index in [1.165, 1.54) is 6.42 Å². The van der Waals surface area contributed by atoms with E-state index in [0.29, 0.717) is 6.04 Å². The Morgan fingerprint density at radius 2 is 2.07 bits per heavy atom. The van der Waals surface area contributed by atoms with Gasteiger partial charge in [-0.15, -0.1) is 10.2 Å². The van der Waals surface area contributed by atoms with Crippen LogP contribution in [0.4, 0.5) is 5.82 Å². The zero-order valence-electron chi connectivity index (χ0n) is 18.1. The molecule has 0 amide bonds. The van der Waals surface area contributed by atoms with Gasteiger partial charge < -0.3 is 19.7 Å². The van der Waals surface area contributed by atoms with Crippen molar-refractivity contribution in [2.75, 3.05) is 39.4 Å². The van der Waals surface area contributed by atoms with E-state index in [1.54, 1.807) is 13.3 Å². The summed E-state index contributed by atoms with van der Waals surface area (Å²) in [5.41, 5.74) is 3.94. The third-order valence-corrected chi connectivity index (χ3v) is 5.56. The Bertz CT molecular complexity index is 1040. The van der Waals surface area contributed by atoms with Gasteiger partial charge in [-0.3, -0.25) is 4.98 Å². The SMILES string of the molecule is COCOc1cc(C)cc(C)c1-c1nnc(N[C@@H]2CCCN(C)C2)c2cnccc12. The van der Waals surface area contributed by atoms with Gasteiger partial charge in [-0.2, -0.15) is 0 Å². The highest BCUT2D eigenvalue weighted by Crippen LogP contribution is 2.38. The van der Waals surface area contributed by atoms with Crippen LogP contribution in [0.25, 0.3) is 22.0 Å². The number of likely N-dealkylation sites (N-methyl/N-ethyl adjacent to an activating group) is 1. The summed E-state index contributed by atoms with van der Waals surface area (Å²) >= 11 is 0. The third kappa shape index (κ3) is 4.22.